The maximum absolute atomic E-state index is 5.47. The van der Waals surface area contributed by atoms with Gasteiger partial charge in [0, 0.05) is 6.26 Å². The molecule has 0 aromatic heterocycles. The third-order valence-corrected chi connectivity index (χ3v) is 16.3. The van der Waals surface area contributed by atoms with E-state index >= 15 is 0 Å². The van der Waals surface area contributed by atoms with E-state index in [4.69, 9.17) is 4.52 Å². The summed E-state index contributed by atoms with van der Waals surface area (Å²) in [6.07, 6.45) is 3.07. The van der Waals surface area contributed by atoms with Crippen LogP contribution in [0.25, 0.3) is 0 Å². The molecule has 2 rings (SSSR count). The van der Waals surface area contributed by atoms with Gasteiger partial charge in [-0.3, -0.25) is 0 Å². The van der Waals surface area contributed by atoms with E-state index in [9.17, 15) is 0 Å². The van der Waals surface area contributed by atoms with Gasteiger partial charge in [-0.15, -0.1) is 15.9 Å². The predicted octanol–water partition coefficient (Wildman–Crippen LogP) is 5.59. The summed E-state index contributed by atoms with van der Waals surface area (Å²) in [4.78, 5) is 0. The van der Waals surface area contributed by atoms with Crippen LogP contribution in [0.1, 0.15) is 0 Å². The highest BCUT2D eigenvalue weighted by Gasteiger charge is 2.44. The molecular formula is C16H22NP2S2+. The van der Waals surface area contributed by atoms with Gasteiger partial charge >= 0.3 is 0 Å². The second kappa shape index (κ2) is 7.38. The SMILES string of the molecule is CSP(C)(C)=N[P+](SC)(c1ccccc1)c1ccccc1. The first-order valence-electron chi connectivity index (χ1n) is 6.74. The van der Waals surface area contributed by atoms with Crippen LogP contribution in [0.2, 0.25) is 0 Å². The van der Waals surface area contributed by atoms with Gasteiger partial charge in [-0.05, 0) is 43.9 Å². The third kappa shape index (κ3) is 3.96. The van der Waals surface area contributed by atoms with E-state index in [1.807, 2.05) is 22.8 Å². The van der Waals surface area contributed by atoms with E-state index in [-0.39, 0.29) is 0 Å². The Morgan fingerprint density at radius 3 is 1.57 bits per heavy atom. The highest BCUT2D eigenvalue weighted by atomic mass is 32.7. The molecule has 0 N–H and O–H groups in total. The molecule has 0 bridgehead atoms. The van der Waals surface area contributed by atoms with Crippen molar-refractivity contribution in [2.24, 2.45) is 4.52 Å². The summed E-state index contributed by atoms with van der Waals surface area (Å²) in [5, 5.41) is 2.73. The summed E-state index contributed by atoms with van der Waals surface area (Å²) >= 11 is 3.84. The van der Waals surface area contributed by atoms with Gasteiger partial charge < -0.3 is 0 Å². The van der Waals surface area contributed by atoms with Gasteiger partial charge in [0.2, 0.25) is 0 Å². The van der Waals surface area contributed by atoms with Gasteiger partial charge in [-0.2, -0.15) is 0 Å². The zero-order valence-corrected chi connectivity index (χ0v) is 16.4. The molecule has 0 saturated heterocycles. The molecule has 1 nitrogen and oxygen atoms in total. The van der Waals surface area contributed by atoms with Crippen molar-refractivity contribution in [3.63, 3.8) is 0 Å². The highest BCUT2D eigenvalue weighted by Crippen LogP contribution is 2.75. The van der Waals surface area contributed by atoms with Gasteiger partial charge in [-0.25, -0.2) is 0 Å². The number of benzene rings is 2. The van der Waals surface area contributed by atoms with Crippen LogP contribution in [0.4, 0.5) is 0 Å². The molecule has 0 atom stereocenters. The molecule has 0 fully saturated rings. The summed E-state index contributed by atoms with van der Waals surface area (Å²) in [6, 6.07) is 21.6. The van der Waals surface area contributed by atoms with Crippen LogP contribution in [0.3, 0.4) is 0 Å². The van der Waals surface area contributed by atoms with Crippen molar-refractivity contribution in [2.45, 2.75) is 0 Å². The number of rotatable bonds is 5. The first-order valence-corrected chi connectivity index (χ1v) is 14.8. The minimum atomic E-state index is -1.75. The number of hydrogen-bond acceptors (Lipinski definition) is 3. The molecule has 112 valence electrons. The van der Waals surface area contributed by atoms with Crippen molar-refractivity contribution in [3.05, 3.63) is 60.7 Å². The van der Waals surface area contributed by atoms with Crippen molar-refractivity contribution in [1.82, 2.24) is 0 Å². The summed E-state index contributed by atoms with van der Waals surface area (Å²) in [5.74, 6) is 0. The zero-order chi connectivity index (χ0) is 15.3. The highest BCUT2D eigenvalue weighted by molar-refractivity contribution is 8.68. The molecule has 0 aliphatic rings. The second-order valence-electron chi connectivity index (χ2n) is 5.00. The van der Waals surface area contributed by atoms with E-state index in [0.29, 0.717) is 0 Å². The van der Waals surface area contributed by atoms with Crippen LogP contribution in [-0.4, -0.2) is 25.8 Å². The topological polar surface area (TPSA) is 12.4 Å². The van der Waals surface area contributed by atoms with Crippen molar-refractivity contribution in [1.29, 1.82) is 0 Å². The lowest BCUT2D eigenvalue weighted by atomic mass is 10.4. The molecule has 0 aliphatic heterocycles. The van der Waals surface area contributed by atoms with Crippen LogP contribution in [-0.2, 0) is 0 Å². The Labute approximate surface area is 137 Å². The van der Waals surface area contributed by atoms with Crippen LogP contribution in [0.5, 0.6) is 0 Å². The van der Waals surface area contributed by atoms with Crippen LogP contribution in [0.15, 0.2) is 65.2 Å². The normalized spacial score (nSPS) is 12.2. The van der Waals surface area contributed by atoms with E-state index in [0.717, 1.165) is 0 Å². The average Bonchev–Trinajstić information content (AvgIpc) is 2.54. The van der Waals surface area contributed by atoms with Crippen LogP contribution in [0, 0.1) is 0 Å². The minimum Gasteiger partial charge on any atom is -0.118 e. The molecular weight excluding hydrogens is 332 g/mol. The maximum atomic E-state index is 5.47. The number of hydrogen-bond donors (Lipinski definition) is 0. The van der Waals surface area contributed by atoms with Crippen molar-refractivity contribution in [3.8, 4) is 0 Å². The van der Waals surface area contributed by atoms with E-state index < -0.39 is 12.9 Å². The van der Waals surface area contributed by atoms with Gasteiger partial charge in [-0.1, -0.05) is 36.4 Å². The van der Waals surface area contributed by atoms with Crippen LogP contribution < -0.4 is 10.6 Å². The van der Waals surface area contributed by atoms with E-state index in [1.54, 1.807) is 0 Å². The van der Waals surface area contributed by atoms with E-state index in [2.05, 4.69) is 86.5 Å². The standard InChI is InChI=1S/C16H22NP2S2/c1-18(2,20-3)17-19(21-4,15-11-7-5-8-12-15)16-13-9-6-10-14-16/h5-14H,1-4H3/q+1. The predicted molar refractivity (Wildman–Crippen MR) is 107 cm³/mol. The second-order valence-corrected chi connectivity index (χ2v) is 17.7. The van der Waals surface area contributed by atoms with Gasteiger partial charge in [0.25, 0.3) is 6.62 Å². The van der Waals surface area contributed by atoms with E-state index in [1.165, 1.54) is 10.6 Å². The first kappa shape index (κ1) is 17.2. The lowest BCUT2D eigenvalue weighted by Gasteiger charge is -2.22. The molecule has 0 spiro atoms. The van der Waals surface area contributed by atoms with Gasteiger partial charge in [0.05, 0.1) is 17.6 Å². The van der Waals surface area contributed by atoms with Crippen LogP contribution >= 0.6 is 35.6 Å². The quantitative estimate of drug-likeness (QED) is 0.649. The summed E-state index contributed by atoms with van der Waals surface area (Å²) < 4.78 is 5.47. The number of nitrogens with zero attached hydrogens (tertiary/aromatic N) is 1. The molecule has 0 unspecified atom stereocenters. The Bertz CT molecular complexity index is 584. The monoisotopic (exact) mass is 354 g/mol. The lowest BCUT2D eigenvalue weighted by Crippen LogP contribution is -2.17. The Morgan fingerprint density at radius 2 is 1.24 bits per heavy atom. The minimum absolute atomic E-state index is 1.32. The molecule has 2 aromatic carbocycles. The fraction of sp³-hybridized carbons (Fsp3) is 0.250. The summed E-state index contributed by atoms with van der Waals surface area (Å²) in [6.45, 7) is 2.88. The Balaban J connectivity index is 2.72. The third-order valence-electron chi connectivity index (χ3n) is 3.26. The largest absolute Gasteiger partial charge is 0.253 e. The Morgan fingerprint density at radius 1 is 0.810 bits per heavy atom. The van der Waals surface area contributed by atoms with Crippen molar-refractivity contribution in [2.75, 3.05) is 25.8 Å². The van der Waals surface area contributed by atoms with Gasteiger partial charge in [0.1, 0.15) is 10.6 Å². The average molecular weight is 354 g/mol. The zero-order valence-electron chi connectivity index (χ0n) is 12.9. The first-order chi connectivity index (χ1) is 10.0. The molecule has 2 aromatic rings. The fourth-order valence-corrected chi connectivity index (χ4v) is 14.2. The summed E-state index contributed by atoms with van der Waals surface area (Å²) in [5.41, 5.74) is 0. The molecule has 5 heteroatoms. The Kier molecular flexibility index (Phi) is 6.03. The molecule has 0 heterocycles. The molecule has 0 saturated carbocycles. The lowest BCUT2D eigenvalue weighted by molar-refractivity contribution is 1.73. The molecule has 21 heavy (non-hydrogen) atoms. The fourth-order valence-electron chi connectivity index (χ4n) is 2.10. The Hall–Kier alpha value is -0.200. The summed E-state index contributed by atoms with van der Waals surface area (Å²) in [7, 11) is 0. The molecule has 0 radical (unpaired) electrons. The maximum Gasteiger partial charge on any atom is 0.253 e. The van der Waals surface area contributed by atoms with Crippen molar-refractivity contribution >= 4 is 46.2 Å². The van der Waals surface area contributed by atoms with Crippen molar-refractivity contribution < 1.29 is 0 Å². The molecule has 0 amide bonds. The van der Waals surface area contributed by atoms with Gasteiger partial charge in [0.15, 0.2) is 0 Å². The smallest absolute Gasteiger partial charge is 0.118 e. The molecule has 0 aliphatic carbocycles.